The van der Waals surface area contributed by atoms with Crippen molar-refractivity contribution in [3.05, 3.63) is 90.3 Å². The zero-order valence-electron chi connectivity index (χ0n) is 19.1. The highest BCUT2D eigenvalue weighted by Crippen LogP contribution is 2.28. The van der Waals surface area contributed by atoms with E-state index in [1.807, 2.05) is 37.3 Å². The summed E-state index contributed by atoms with van der Waals surface area (Å²) in [6.45, 7) is 3.61. The Morgan fingerprint density at radius 2 is 1.74 bits per heavy atom. The minimum absolute atomic E-state index is 0.0476. The highest BCUT2D eigenvalue weighted by Gasteiger charge is 2.25. The largest absolute Gasteiger partial charge is 0.508 e. The summed E-state index contributed by atoms with van der Waals surface area (Å²) in [6.07, 6.45) is 0. The van der Waals surface area contributed by atoms with Crippen LogP contribution >= 0.6 is 11.8 Å². The average Bonchev–Trinajstić information content (AvgIpc) is 3.21. The SMILES string of the molecule is Cc1ccc(S(=O)(=O)Cc2nnc(SC(C)C(=O)Nc3cccc(O)c3)n2-c2ccccc2)cc1. The maximum absolute atomic E-state index is 13.1. The molecule has 10 heteroatoms. The molecule has 180 valence electrons. The van der Waals surface area contributed by atoms with E-state index < -0.39 is 15.1 Å². The number of nitrogens with one attached hydrogen (secondary N) is 1. The van der Waals surface area contributed by atoms with Crippen LogP contribution in [0.1, 0.15) is 18.3 Å². The molecule has 1 unspecified atom stereocenters. The van der Waals surface area contributed by atoms with Crippen LogP contribution in [0.5, 0.6) is 5.75 Å². The molecule has 0 aliphatic heterocycles. The van der Waals surface area contributed by atoms with Gasteiger partial charge < -0.3 is 10.4 Å². The number of aromatic hydroxyl groups is 1. The molecule has 1 atom stereocenters. The summed E-state index contributed by atoms with van der Waals surface area (Å²) in [5.74, 6) is -0.342. The second-order valence-corrected chi connectivity index (χ2v) is 11.2. The highest BCUT2D eigenvalue weighted by molar-refractivity contribution is 8.00. The van der Waals surface area contributed by atoms with E-state index in [4.69, 9.17) is 0 Å². The Kier molecular flexibility index (Phi) is 7.23. The molecule has 4 rings (SSSR count). The summed E-state index contributed by atoms with van der Waals surface area (Å²) >= 11 is 1.16. The van der Waals surface area contributed by atoms with Crippen LogP contribution in [0.25, 0.3) is 5.69 Å². The number of carbonyl (C=O) groups is 1. The van der Waals surface area contributed by atoms with E-state index >= 15 is 0 Å². The molecule has 1 heterocycles. The van der Waals surface area contributed by atoms with Crippen LogP contribution in [0, 0.1) is 6.92 Å². The number of nitrogens with zero attached hydrogens (tertiary/aromatic N) is 3. The Hall–Kier alpha value is -3.63. The van der Waals surface area contributed by atoms with Gasteiger partial charge in [-0.15, -0.1) is 10.2 Å². The van der Waals surface area contributed by atoms with Crippen LogP contribution in [0.15, 0.2) is 88.9 Å². The molecule has 0 bridgehead atoms. The number of aromatic nitrogens is 3. The summed E-state index contributed by atoms with van der Waals surface area (Å²) in [6, 6.07) is 22.1. The van der Waals surface area contributed by atoms with E-state index in [0.717, 1.165) is 17.3 Å². The Morgan fingerprint density at radius 1 is 1.03 bits per heavy atom. The Labute approximate surface area is 208 Å². The first-order valence-electron chi connectivity index (χ1n) is 10.8. The highest BCUT2D eigenvalue weighted by atomic mass is 32.2. The molecule has 0 aliphatic rings. The second-order valence-electron chi connectivity index (χ2n) is 7.94. The van der Waals surface area contributed by atoms with Crippen molar-refractivity contribution in [2.24, 2.45) is 0 Å². The van der Waals surface area contributed by atoms with Gasteiger partial charge >= 0.3 is 0 Å². The van der Waals surface area contributed by atoms with E-state index in [1.54, 1.807) is 47.9 Å². The van der Waals surface area contributed by atoms with Gasteiger partial charge in [0, 0.05) is 17.4 Å². The summed E-state index contributed by atoms with van der Waals surface area (Å²) in [7, 11) is -3.67. The van der Waals surface area contributed by atoms with Crippen molar-refractivity contribution >= 4 is 33.2 Å². The van der Waals surface area contributed by atoms with Crippen LogP contribution in [0.3, 0.4) is 0 Å². The van der Waals surface area contributed by atoms with Crippen molar-refractivity contribution in [3.8, 4) is 11.4 Å². The lowest BCUT2D eigenvalue weighted by Crippen LogP contribution is -2.23. The molecule has 1 aromatic heterocycles. The number of carbonyl (C=O) groups excluding carboxylic acids is 1. The number of thioether (sulfide) groups is 1. The number of rotatable bonds is 8. The number of benzene rings is 3. The molecule has 0 radical (unpaired) electrons. The summed E-state index contributed by atoms with van der Waals surface area (Å²) in [4.78, 5) is 13.0. The lowest BCUT2D eigenvalue weighted by Gasteiger charge is -2.14. The van der Waals surface area contributed by atoms with E-state index in [0.29, 0.717) is 16.5 Å². The van der Waals surface area contributed by atoms with Gasteiger partial charge in [-0.3, -0.25) is 9.36 Å². The Morgan fingerprint density at radius 3 is 2.43 bits per heavy atom. The van der Waals surface area contributed by atoms with Gasteiger partial charge in [-0.1, -0.05) is 53.7 Å². The van der Waals surface area contributed by atoms with Crippen LogP contribution < -0.4 is 5.32 Å². The zero-order chi connectivity index (χ0) is 25.0. The molecular formula is C25H24N4O4S2. The average molecular weight is 509 g/mol. The van der Waals surface area contributed by atoms with Crippen LogP contribution in [0.4, 0.5) is 5.69 Å². The molecule has 3 aromatic carbocycles. The quantitative estimate of drug-likeness (QED) is 0.340. The lowest BCUT2D eigenvalue weighted by molar-refractivity contribution is -0.115. The minimum atomic E-state index is -3.67. The smallest absolute Gasteiger partial charge is 0.237 e. The predicted molar refractivity (Wildman–Crippen MR) is 135 cm³/mol. The first kappa shape index (κ1) is 24.5. The van der Waals surface area contributed by atoms with Gasteiger partial charge in [-0.25, -0.2) is 8.42 Å². The fraction of sp³-hybridized carbons (Fsp3) is 0.160. The molecule has 0 saturated carbocycles. The first-order valence-corrected chi connectivity index (χ1v) is 13.3. The number of hydrogen-bond donors (Lipinski definition) is 2. The second kappa shape index (κ2) is 10.3. The van der Waals surface area contributed by atoms with Gasteiger partial charge in [0.1, 0.15) is 11.5 Å². The standard InChI is InChI=1S/C25H24N4O4S2/c1-17-11-13-22(14-12-17)35(32,33)16-23-27-28-25(29(23)20-8-4-3-5-9-20)34-18(2)24(31)26-19-7-6-10-21(30)15-19/h3-15,18,30H,16H2,1-2H3,(H,26,31). The van der Waals surface area contributed by atoms with Gasteiger partial charge in [0.25, 0.3) is 0 Å². The van der Waals surface area contributed by atoms with Gasteiger partial charge in [-0.2, -0.15) is 0 Å². The van der Waals surface area contributed by atoms with E-state index in [9.17, 15) is 18.3 Å². The number of hydrogen-bond acceptors (Lipinski definition) is 7. The summed E-state index contributed by atoms with van der Waals surface area (Å²) < 4.78 is 27.8. The van der Waals surface area contributed by atoms with Crippen LogP contribution in [0.2, 0.25) is 0 Å². The van der Waals surface area contributed by atoms with Crippen LogP contribution in [-0.4, -0.2) is 39.4 Å². The van der Waals surface area contributed by atoms with Gasteiger partial charge in [0.05, 0.1) is 10.1 Å². The molecular weight excluding hydrogens is 484 g/mol. The molecule has 0 fully saturated rings. The molecule has 4 aromatic rings. The number of amides is 1. The van der Waals surface area contributed by atoms with Crippen molar-refractivity contribution in [3.63, 3.8) is 0 Å². The van der Waals surface area contributed by atoms with Crippen molar-refractivity contribution in [2.45, 2.75) is 34.9 Å². The number of sulfone groups is 1. The lowest BCUT2D eigenvalue weighted by atomic mass is 10.2. The summed E-state index contributed by atoms with van der Waals surface area (Å²) in [5.41, 5.74) is 2.12. The monoisotopic (exact) mass is 508 g/mol. The van der Waals surface area contributed by atoms with E-state index in [-0.39, 0.29) is 28.1 Å². The zero-order valence-corrected chi connectivity index (χ0v) is 20.8. The number of para-hydroxylation sites is 1. The van der Waals surface area contributed by atoms with Crippen molar-refractivity contribution in [1.82, 2.24) is 14.8 Å². The molecule has 0 saturated heterocycles. The molecule has 0 spiro atoms. The Balaban J connectivity index is 1.61. The number of aryl methyl sites for hydroxylation is 1. The van der Waals surface area contributed by atoms with Gasteiger partial charge in [-0.05, 0) is 50.2 Å². The third kappa shape index (κ3) is 5.90. The molecule has 8 nitrogen and oxygen atoms in total. The third-order valence-corrected chi connectivity index (χ3v) is 7.85. The van der Waals surface area contributed by atoms with E-state index in [2.05, 4.69) is 15.5 Å². The number of anilines is 1. The predicted octanol–water partition coefficient (Wildman–Crippen LogP) is 4.37. The topological polar surface area (TPSA) is 114 Å². The van der Waals surface area contributed by atoms with Crippen LogP contribution in [-0.2, 0) is 20.4 Å². The first-order chi connectivity index (χ1) is 16.7. The summed E-state index contributed by atoms with van der Waals surface area (Å²) in [5, 5.41) is 20.6. The number of phenols is 1. The molecule has 2 N–H and O–H groups in total. The van der Waals surface area contributed by atoms with E-state index in [1.165, 1.54) is 12.1 Å². The number of phenolic OH excluding ortho intramolecular Hbond substituents is 1. The fourth-order valence-electron chi connectivity index (χ4n) is 3.34. The molecule has 0 aliphatic carbocycles. The van der Waals surface area contributed by atoms with Crippen molar-refractivity contribution in [2.75, 3.05) is 5.32 Å². The fourth-order valence-corrected chi connectivity index (χ4v) is 5.48. The minimum Gasteiger partial charge on any atom is -0.508 e. The van der Waals surface area contributed by atoms with Crippen molar-refractivity contribution in [1.29, 1.82) is 0 Å². The maximum atomic E-state index is 13.1. The van der Waals surface area contributed by atoms with Gasteiger partial charge in [0.15, 0.2) is 20.8 Å². The normalized spacial score (nSPS) is 12.3. The maximum Gasteiger partial charge on any atom is 0.237 e. The van der Waals surface area contributed by atoms with Gasteiger partial charge in [0.2, 0.25) is 5.91 Å². The Bertz CT molecular complexity index is 1440. The third-order valence-electron chi connectivity index (χ3n) is 5.18. The van der Waals surface area contributed by atoms with Crippen molar-refractivity contribution < 1.29 is 18.3 Å². The molecule has 1 amide bonds. The molecule has 35 heavy (non-hydrogen) atoms.